The Morgan fingerprint density at radius 1 is 1.03 bits per heavy atom. The number of methoxy groups -OCH3 is 1. The van der Waals surface area contributed by atoms with Gasteiger partial charge in [-0.2, -0.15) is 13.2 Å². The van der Waals surface area contributed by atoms with Crippen molar-refractivity contribution in [3.63, 3.8) is 0 Å². The molecule has 0 spiro atoms. The fourth-order valence-electron chi connectivity index (χ4n) is 4.06. The van der Waals surface area contributed by atoms with Gasteiger partial charge in [-0.25, -0.2) is 0 Å². The Bertz CT molecular complexity index is 1350. The largest absolute Gasteiger partial charge is 0.507 e. The SMILES string of the molecule is COc1ccc(Cl)c(/C(O)=C2\C(=O)C(=O)N(c3ccc(C(F)(F)F)cc3)C2c2ccccc2C)c1. The third kappa shape index (κ3) is 4.37. The molecule has 1 aliphatic rings. The van der Waals surface area contributed by atoms with Crippen LogP contribution >= 0.6 is 11.6 Å². The first-order chi connectivity index (χ1) is 16.5. The van der Waals surface area contributed by atoms with Gasteiger partial charge in [0.25, 0.3) is 11.7 Å². The van der Waals surface area contributed by atoms with Crippen molar-refractivity contribution in [1.82, 2.24) is 0 Å². The van der Waals surface area contributed by atoms with Gasteiger partial charge in [-0.15, -0.1) is 0 Å². The summed E-state index contributed by atoms with van der Waals surface area (Å²) in [6.07, 6.45) is -4.56. The highest BCUT2D eigenvalue weighted by Crippen LogP contribution is 2.44. The van der Waals surface area contributed by atoms with Gasteiger partial charge in [-0.1, -0.05) is 35.9 Å². The van der Waals surface area contributed by atoms with Crippen molar-refractivity contribution in [2.24, 2.45) is 0 Å². The molecule has 0 aromatic heterocycles. The van der Waals surface area contributed by atoms with Crippen LogP contribution in [0.25, 0.3) is 5.76 Å². The highest BCUT2D eigenvalue weighted by molar-refractivity contribution is 6.52. The minimum Gasteiger partial charge on any atom is -0.507 e. The number of nitrogens with zero attached hydrogens (tertiary/aromatic N) is 1. The number of aliphatic hydroxyl groups excluding tert-OH is 1. The third-order valence-electron chi connectivity index (χ3n) is 5.83. The number of ketones is 1. The average molecular weight is 502 g/mol. The summed E-state index contributed by atoms with van der Waals surface area (Å²) in [5.41, 5.74) is 0.248. The Morgan fingerprint density at radius 2 is 1.69 bits per heavy atom. The number of aryl methyl sites for hydroxylation is 1. The Labute approximate surface area is 204 Å². The molecule has 1 amide bonds. The zero-order valence-electron chi connectivity index (χ0n) is 18.6. The van der Waals surface area contributed by atoms with Crippen molar-refractivity contribution in [3.8, 4) is 5.75 Å². The lowest BCUT2D eigenvalue weighted by Crippen LogP contribution is -2.29. The van der Waals surface area contributed by atoms with E-state index in [4.69, 9.17) is 16.3 Å². The summed E-state index contributed by atoms with van der Waals surface area (Å²) >= 11 is 6.28. The molecule has 9 heteroatoms. The van der Waals surface area contributed by atoms with E-state index in [2.05, 4.69) is 0 Å². The minimum atomic E-state index is -4.56. The summed E-state index contributed by atoms with van der Waals surface area (Å²) in [4.78, 5) is 27.5. The van der Waals surface area contributed by atoms with Crippen molar-refractivity contribution in [3.05, 3.63) is 99.6 Å². The molecule has 1 fully saturated rings. The molecule has 4 rings (SSSR count). The van der Waals surface area contributed by atoms with Crippen LogP contribution in [-0.4, -0.2) is 23.9 Å². The number of halogens is 4. The maximum absolute atomic E-state index is 13.2. The maximum atomic E-state index is 13.2. The van der Waals surface area contributed by atoms with Crippen LogP contribution in [0.1, 0.15) is 28.3 Å². The summed E-state index contributed by atoms with van der Waals surface area (Å²) in [5, 5.41) is 11.4. The molecule has 180 valence electrons. The third-order valence-corrected chi connectivity index (χ3v) is 6.16. The fraction of sp³-hybridized carbons (Fsp3) is 0.154. The Hall–Kier alpha value is -3.78. The minimum absolute atomic E-state index is 0.0733. The van der Waals surface area contributed by atoms with E-state index in [1.165, 1.54) is 19.2 Å². The Kier molecular flexibility index (Phi) is 6.34. The van der Waals surface area contributed by atoms with E-state index in [-0.39, 0.29) is 21.8 Å². The van der Waals surface area contributed by atoms with Gasteiger partial charge in [0.05, 0.1) is 29.3 Å². The normalized spacial score (nSPS) is 17.7. The lowest BCUT2D eigenvalue weighted by molar-refractivity contribution is -0.137. The van der Waals surface area contributed by atoms with Gasteiger partial charge < -0.3 is 9.84 Å². The monoisotopic (exact) mass is 501 g/mol. The van der Waals surface area contributed by atoms with Crippen LogP contribution in [0, 0.1) is 6.92 Å². The van der Waals surface area contributed by atoms with Gasteiger partial charge in [0.1, 0.15) is 11.5 Å². The van der Waals surface area contributed by atoms with Crippen LogP contribution in [0.15, 0.2) is 72.3 Å². The number of carbonyl (C=O) groups is 2. The second-order valence-electron chi connectivity index (χ2n) is 7.92. The maximum Gasteiger partial charge on any atom is 0.416 e. The molecule has 1 unspecified atom stereocenters. The molecule has 5 nitrogen and oxygen atoms in total. The molecule has 1 atom stereocenters. The van der Waals surface area contributed by atoms with E-state index >= 15 is 0 Å². The molecule has 3 aromatic rings. The van der Waals surface area contributed by atoms with Crippen LogP contribution < -0.4 is 9.64 Å². The average Bonchev–Trinajstić information content (AvgIpc) is 3.09. The van der Waals surface area contributed by atoms with E-state index < -0.39 is 35.2 Å². The number of Topliss-reactive ketones (excluding diaryl/α,β-unsaturated/α-hetero) is 1. The van der Waals surface area contributed by atoms with Crippen molar-refractivity contribution in [2.75, 3.05) is 12.0 Å². The van der Waals surface area contributed by atoms with Crippen LogP contribution in [0.3, 0.4) is 0 Å². The first kappa shape index (κ1) is 24.3. The number of benzene rings is 3. The molecular weight excluding hydrogens is 483 g/mol. The van der Waals surface area contributed by atoms with Crippen LogP contribution in [0.4, 0.5) is 18.9 Å². The number of rotatable bonds is 4. The Balaban J connectivity index is 1.96. The fourth-order valence-corrected chi connectivity index (χ4v) is 4.26. The number of anilines is 1. The van der Waals surface area contributed by atoms with Crippen LogP contribution in [0.5, 0.6) is 5.75 Å². The summed E-state index contributed by atoms with van der Waals surface area (Å²) in [6, 6.07) is 14.2. The molecule has 1 saturated heterocycles. The zero-order chi connectivity index (χ0) is 25.5. The van der Waals surface area contributed by atoms with E-state index in [9.17, 15) is 27.9 Å². The highest BCUT2D eigenvalue weighted by atomic mass is 35.5. The van der Waals surface area contributed by atoms with Crippen molar-refractivity contribution >= 4 is 34.7 Å². The summed E-state index contributed by atoms with van der Waals surface area (Å²) < 4.78 is 44.4. The van der Waals surface area contributed by atoms with Gasteiger partial charge in [0, 0.05) is 11.3 Å². The van der Waals surface area contributed by atoms with Gasteiger partial charge >= 0.3 is 6.18 Å². The molecule has 0 radical (unpaired) electrons. The number of amides is 1. The van der Waals surface area contributed by atoms with Gasteiger partial charge in [0.2, 0.25) is 0 Å². The number of hydrogen-bond acceptors (Lipinski definition) is 4. The Morgan fingerprint density at radius 3 is 2.29 bits per heavy atom. The van der Waals surface area contributed by atoms with Crippen LogP contribution in [-0.2, 0) is 15.8 Å². The van der Waals surface area contributed by atoms with Gasteiger partial charge in [0.15, 0.2) is 0 Å². The number of alkyl halides is 3. The smallest absolute Gasteiger partial charge is 0.416 e. The van der Waals surface area contributed by atoms with E-state index in [0.29, 0.717) is 16.9 Å². The molecule has 35 heavy (non-hydrogen) atoms. The van der Waals surface area contributed by atoms with Gasteiger partial charge in [-0.3, -0.25) is 14.5 Å². The lowest BCUT2D eigenvalue weighted by atomic mass is 9.92. The zero-order valence-corrected chi connectivity index (χ0v) is 19.3. The molecule has 1 heterocycles. The highest BCUT2D eigenvalue weighted by Gasteiger charge is 2.47. The first-order valence-electron chi connectivity index (χ1n) is 10.4. The molecule has 3 aromatic carbocycles. The number of aliphatic hydroxyl groups is 1. The van der Waals surface area contributed by atoms with E-state index in [1.54, 1.807) is 37.3 Å². The van der Waals surface area contributed by atoms with Crippen LogP contribution in [0.2, 0.25) is 5.02 Å². The summed E-state index contributed by atoms with van der Waals surface area (Å²) in [6.45, 7) is 1.76. The number of hydrogen-bond donors (Lipinski definition) is 1. The standard InChI is InChI=1S/C26H19ClF3NO4/c1-14-5-3-4-6-18(14)22-21(23(32)19-13-17(35-2)11-12-20(19)27)24(33)25(34)31(22)16-9-7-15(8-10-16)26(28,29)30/h3-13,22,32H,1-2H3/b23-21+. The van der Waals surface area contributed by atoms with Gasteiger partial charge in [-0.05, 0) is 60.5 Å². The second kappa shape index (κ2) is 9.11. The molecule has 1 aliphatic heterocycles. The topological polar surface area (TPSA) is 66.8 Å². The second-order valence-corrected chi connectivity index (χ2v) is 8.32. The number of carbonyl (C=O) groups excluding carboxylic acids is 2. The van der Waals surface area contributed by atoms with Crippen molar-refractivity contribution < 1.29 is 32.6 Å². The first-order valence-corrected chi connectivity index (χ1v) is 10.8. The summed E-state index contributed by atoms with van der Waals surface area (Å²) in [7, 11) is 1.42. The predicted molar refractivity (Wildman–Crippen MR) is 125 cm³/mol. The molecule has 0 saturated carbocycles. The van der Waals surface area contributed by atoms with Crippen molar-refractivity contribution in [1.29, 1.82) is 0 Å². The lowest BCUT2D eigenvalue weighted by Gasteiger charge is -2.27. The predicted octanol–water partition coefficient (Wildman–Crippen LogP) is 6.30. The number of ether oxygens (including phenoxy) is 1. The van der Waals surface area contributed by atoms with Crippen molar-refractivity contribution in [2.45, 2.75) is 19.1 Å². The molecule has 0 aliphatic carbocycles. The quantitative estimate of drug-likeness (QED) is 0.259. The van der Waals surface area contributed by atoms with E-state index in [0.717, 1.165) is 29.2 Å². The molecule has 1 N–H and O–H groups in total. The van der Waals surface area contributed by atoms with E-state index in [1.807, 2.05) is 0 Å². The summed E-state index contributed by atoms with van der Waals surface area (Å²) in [5.74, 6) is -2.14. The molecule has 0 bridgehead atoms. The molecular formula is C26H19ClF3NO4.